The van der Waals surface area contributed by atoms with Crippen molar-refractivity contribution in [2.75, 3.05) is 66.6 Å². The van der Waals surface area contributed by atoms with E-state index in [4.69, 9.17) is 4.74 Å². The third-order valence-electron chi connectivity index (χ3n) is 6.04. The van der Waals surface area contributed by atoms with Gasteiger partial charge in [-0.25, -0.2) is 0 Å². The number of likely N-dealkylation sites (N-methyl/N-ethyl adjacent to an activating group) is 1. The van der Waals surface area contributed by atoms with Crippen molar-refractivity contribution >= 4 is 5.91 Å². The van der Waals surface area contributed by atoms with E-state index >= 15 is 0 Å². The van der Waals surface area contributed by atoms with Crippen LogP contribution in [0.25, 0.3) is 0 Å². The number of carbonyl (C=O) groups excluding carboxylic acids is 1. The zero-order chi connectivity index (χ0) is 19.2. The fourth-order valence-corrected chi connectivity index (χ4v) is 4.12. The molecule has 2 atom stereocenters. The van der Waals surface area contributed by atoms with E-state index < -0.39 is 0 Å². The SMILES string of the molecule is COc1ccc(CCC(=O)N2C[C@@H](CN3CCN(C)CC3)[C@@H](CO)C2)cc1. The first-order chi connectivity index (χ1) is 13.1. The maximum Gasteiger partial charge on any atom is 0.222 e. The standard InChI is InChI=1S/C21H33N3O3/c1-22-9-11-23(12-10-22)13-18-14-24(15-19(18)16-25)21(26)8-5-17-3-6-20(27-2)7-4-17/h3-4,6-7,18-19,25H,5,8-16H2,1-2H3/t18-,19-/m1/s1. The van der Waals surface area contributed by atoms with Gasteiger partial charge in [-0.05, 0) is 37.1 Å². The Labute approximate surface area is 162 Å². The maximum absolute atomic E-state index is 12.7. The molecule has 0 radical (unpaired) electrons. The Bertz CT molecular complexity index is 599. The van der Waals surface area contributed by atoms with Crippen LogP contribution in [0.2, 0.25) is 0 Å². The molecule has 6 nitrogen and oxygen atoms in total. The van der Waals surface area contributed by atoms with Gasteiger partial charge in [0.1, 0.15) is 5.75 Å². The van der Waals surface area contributed by atoms with Crippen LogP contribution in [0.4, 0.5) is 0 Å². The van der Waals surface area contributed by atoms with E-state index in [9.17, 15) is 9.90 Å². The summed E-state index contributed by atoms with van der Waals surface area (Å²) in [5.41, 5.74) is 1.15. The Balaban J connectivity index is 1.48. The molecule has 2 aliphatic rings. The molecule has 0 spiro atoms. The van der Waals surface area contributed by atoms with Crippen LogP contribution in [0, 0.1) is 11.8 Å². The predicted octanol–water partition coefficient (Wildman–Crippen LogP) is 0.942. The average Bonchev–Trinajstić information content (AvgIpc) is 3.11. The highest BCUT2D eigenvalue weighted by Gasteiger charge is 2.35. The summed E-state index contributed by atoms with van der Waals surface area (Å²) in [5, 5.41) is 9.79. The Morgan fingerprint density at radius 3 is 2.41 bits per heavy atom. The van der Waals surface area contributed by atoms with Crippen molar-refractivity contribution in [1.82, 2.24) is 14.7 Å². The topological polar surface area (TPSA) is 56.2 Å². The highest BCUT2D eigenvalue weighted by atomic mass is 16.5. The van der Waals surface area contributed by atoms with Gasteiger partial charge in [-0.15, -0.1) is 0 Å². The Kier molecular flexibility index (Phi) is 7.10. The van der Waals surface area contributed by atoms with E-state index in [0.717, 1.165) is 57.0 Å². The number of ether oxygens (including phenoxy) is 1. The molecule has 27 heavy (non-hydrogen) atoms. The molecular weight excluding hydrogens is 342 g/mol. The lowest BCUT2D eigenvalue weighted by molar-refractivity contribution is -0.130. The number of likely N-dealkylation sites (tertiary alicyclic amines) is 1. The van der Waals surface area contributed by atoms with Gasteiger partial charge in [0, 0.05) is 64.8 Å². The normalized spacial score (nSPS) is 24.3. The largest absolute Gasteiger partial charge is 0.497 e. The van der Waals surface area contributed by atoms with Crippen molar-refractivity contribution in [1.29, 1.82) is 0 Å². The van der Waals surface area contributed by atoms with Crippen molar-refractivity contribution in [3.8, 4) is 5.75 Å². The first kappa shape index (κ1) is 20.1. The zero-order valence-corrected chi connectivity index (χ0v) is 16.6. The first-order valence-electron chi connectivity index (χ1n) is 10.0. The second-order valence-corrected chi connectivity index (χ2v) is 7.95. The second-order valence-electron chi connectivity index (χ2n) is 7.95. The van der Waals surface area contributed by atoms with Crippen LogP contribution in [0.5, 0.6) is 5.75 Å². The molecular formula is C21H33N3O3. The third-order valence-corrected chi connectivity index (χ3v) is 6.04. The van der Waals surface area contributed by atoms with E-state index in [1.165, 1.54) is 0 Å². The van der Waals surface area contributed by atoms with Crippen LogP contribution in [0.3, 0.4) is 0 Å². The summed E-state index contributed by atoms with van der Waals surface area (Å²) in [7, 11) is 3.81. The number of piperazine rings is 1. The molecule has 1 N–H and O–H groups in total. The fraction of sp³-hybridized carbons (Fsp3) is 0.667. The smallest absolute Gasteiger partial charge is 0.222 e. The maximum atomic E-state index is 12.7. The predicted molar refractivity (Wildman–Crippen MR) is 106 cm³/mol. The molecule has 1 aromatic rings. The van der Waals surface area contributed by atoms with Crippen LogP contribution in [0.15, 0.2) is 24.3 Å². The highest BCUT2D eigenvalue weighted by Crippen LogP contribution is 2.25. The molecule has 150 valence electrons. The number of hydrogen-bond acceptors (Lipinski definition) is 5. The lowest BCUT2D eigenvalue weighted by atomic mass is 9.96. The molecule has 1 aromatic carbocycles. The van der Waals surface area contributed by atoms with Crippen LogP contribution >= 0.6 is 0 Å². The molecule has 0 bridgehead atoms. The molecule has 0 aliphatic carbocycles. The quantitative estimate of drug-likeness (QED) is 0.769. The molecule has 2 saturated heterocycles. The Morgan fingerprint density at radius 1 is 1.11 bits per heavy atom. The monoisotopic (exact) mass is 375 g/mol. The van der Waals surface area contributed by atoms with Gasteiger partial charge in [0.2, 0.25) is 5.91 Å². The van der Waals surface area contributed by atoms with Crippen molar-refractivity contribution in [2.24, 2.45) is 11.8 Å². The fourth-order valence-electron chi connectivity index (χ4n) is 4.12. The number of rotatable bonds is 7. The van der Waals surface area contributed by atoms with E-state index in [1.54, 1.807) is 7.11 Å². The number of benzene rings is 1. The van der Waals surface area contributed by atoms with Gasteiger partial charge in [0.25, 0.3) is 0 Å². The summed E-state index contributed by atoms with van der Waals surface area (Å²) in [6, 6.07) is 7.90. The molecule has 3 rings (SSSR count). The molecule has 6 heteroatoms. The van der Waals surface area contributed by atoms with Gasteiger partial charge < -0.3 is 24.5 Å². The average molecular weight is 376 g/mol. The number of carbonyl (C=O) groups is 1. The number of methoxy groups -OCH3 is 1. The highest BCUT2D eigenvalue weighted by molar-refractivity contribution is 5.76. The van der Waals surface area contributed by atoms with E-state index in [1.807, 2.05) is 29.2 Å². The summed E-state index contributed by atoms with van der Waals surface area (Å²) < 4.78 is 5.17. The lowest BCUT2D eigenvalue weighted by Crippen LogP contribution is -2.47. The zero-order valence-electron chi connectivity index (χ0n) is 16.6. The Morgan fingerprint density at radius 2 is 1.78 bits per heavy atom. The summed E-state index contributed by atoms with van der Waals surface area (Å²) in [5.74, 6) is 1.62. The van der Waals surface area contributed by atoms with Crippen molar-refractivity contribution in [3.05, 3.63) is 29.8 Å². The van der Waals surface area contributed by atoms with Gasteiger partial charge in [-0.1, -0.05) is 12.1 Å². The van der Waals surface area contributed by atoms with E-state index in [2.05, 4.69) is 16.8 Å². The lowest BCUT2D eigenvalue weighted by Gasteiger charge is -2.34. The molecule has 2 aliphatic heterocycles. The van der Waals surface area contributed by atoms with Gasteiger partial charge >= 0.3 is 0 Å². The number of hydrogen-bond donors (Lipinski definition) is 1. The molecule has 2 heterocycles. The second kappa shape index (κ2) is 9.53. The van der Waals surface area contributed by atoms with Crippen LogP contribution in [-0.4, -0.2) is 92.3 Å². The molecule has 0 unspecified atom stereocenters. The summed E-state index contributed by atoms with van der Waals surface area (Å²) in [6.07, 6.45) is 1.26. The minimum absolute atomic E-state index is 0.167. The van der Waals surface area contributed by atoms with Gasteiger partial charge in [-0.3, -0.25) is 4.79 Å². The van der Waals surface area contributed by atoms with E-state index in [-0.39, 0.29) is 18.4 Å². The number of amides is 1. The van der Waals surface area contributed by atoms with E-state index in [0.29, 0.717) is 18.9 Å². The summed E-state index contributed by atoms with van der Waals surface area (Å²) in [4.78, 5) is 19.5. The number of aliphatic hydroxyl groups is 1. The summed E-state index contributed by atoms with van der Waals surface area (Å²) >= 11 is 0. The Hall–Kier alpha value is -1.63. The molecule has 1 amide bonds. The molecule has 2 fully saturated rings. The van der Waals surface area contributed by atoms with Gasteiger partial charge in [0.05, 0.1) is 7.11 Å². The van der Waals surface area contributed by atoms with Crippen LogP contribution < -0.4 is 4.74 Å². The number of aliphatic hydroxyl groups excluding tert-OH is 1. The van der Waals surface area contributed by atoms with Crippen LogP contribution in [0.1, 0.15) is 12.0 Å². The van der Waals surface area contributed by atoms with Gasteiger partial charge in [-0.2, -0.15) is 0 Å². The first-order valence-corrected chi connectivity index (χ1v) is 10.0. The van der Waals surface area contributed by atoms with Crippen LogP contribution in [-0.2, 0) is 11.2 Å². The van der Waals surface area contributed by atoms with Crippen molar-refractivity contribution in [3.63, 3.8) is 0 Å². The number of aryl methyl sites for hydroxylation is 1. The van der Waals surface area contributed by atoms with Gasteiger partial charge in [0.15, 0.2) is 0 Å². The van der Waals surface area contributed by atoms with Crippen molar-refractivity contribution in [2.45, 2.75) is 12.8 Å². The third kappa shape index (κ3) is 5.43. The number of nitrogens with zero attached hydrogens (tertiary/aromatic N) is 3. The minimum atomic E-state index is 0.167. The molecule has 0 aromatic heterocycles. The minimum Gasteiger partial charge on any atom is -0.497 e. The van der Waals surface area contributed by atoms with Crippen molar-refractivity contribution < 1.29 is 14.6 Å². The summed E-state index contributed by atoms with van der Waals surface area (Å²) in [6.45, 7) is 6.98. The molecule has 0 saturated carbocycles.